The lowest BCUT2D eigenvalue weighted by atomic mass is 10.3. The first-order valence-corrected chi connectivity index (χ1v) is 32.8. The van der Waals surface area contributed by atoms with Crippen molar-refractivity contribution < 1.29 is 5.11 Å². The van der Waals surface area contributed by atoms with Crippen molar-refractivity contribution in [2.75, 3.05) is 6.61 Å². The maximum atomic E-state index is 8.20. The van der Waals surface area contributed by atoms with E-state index in [2.05, 4.69) is 169 Å². The molecule has 0 saturated heterocycles. The van der Waals surface area contributed by atoms with Crippen LogP contribution in [-0.4, -0.2) is 11.7 Å². The van der Waals surface area contributed by atoms with Gasteiger partial charge in [-0.1, -0.05) is 330 Å². The van der Waals surface area contributed by atoms with Crippen LogP contribution in [0.5, 0.6) is 0 Å². The van der Waals surface area contributed by atoms with Crippen LogP contribution in [0.1, 0.15) is 340 Å². The average molecular weight is 1100 g/mol. The highest BCUT2D eigenvalue weighted by Gasteiger charge is 1.78. The molecule has 0 rings (SSSR count). The molecule has 0 aliphatic carbocycles. The molecular formula is C77H156O. The minimum atomic E-state index is 0.355. The molecule has 0 radical (unpaired) electrons. The van der Waals surface area contributed by atoms with E-state index in [9.17, 15) is 0 Å². The van der Waals surface area contributed by atoms with E-state index in [1.165, 1.54) is 238 Å². The van der Waals surface area contributed by atoms with Gasteiger partial charge >= 0.3 is 0 Å². The molecule has 0 heterocycles. The largest absolute Gasteiger partial charge is 0.396 e. The Kier molecular flexibility index (Phi) is 225. The van der Waals surface area contributed by atoms with Crippen molar-refractivity contribution in [3.8, 4) is 0 Å². The van der Waals surface area contributed by atoms with Gasteiger partial charge in [0.15, 0.2) is 0 Å². The standard InChI is InChI=1S/12C6H12.C5H12O/c12*1-3-5-6-4-2;1-2-3-4-5-6/h12*3H,1,4-6H2,2H3;6H,2-5H2,1H3. The van der Waals surface area contributed by atoms with E-state index in [0.717, 1.165) is 12.8 Å². The molecule has 0 aliphatic heterocycles. The Bertz CT molecular complexity index is 671. The summed E-state index contributed by atoms with van der Waals surface area (Å²) < 4.78 is 0. The lowest BCUT2D eigenvalue weighted by Crippen LogP contribution is -1.78. The van der Waals surface area contributed by atoms with E-state index in [-0.39, 0.29) is 0 Å². The number of allylic oxidation sites excluding steroid dienone is 12. The second-order valence-electron chi connectivity index (χ2n) is 18.6. The van der Waals surface area contributed by atoms with Gasteiger partial charge < -0.3 is 5.11 Å². The Morgan fingerprint density at radius 2 is 0.256 bits per heavy atom. The summed E-state index contributed by atoms with van der Waals surface area (Å²) in [7, 11) is 0. The highest BCUT2D eigenvalue weighted by molar-refractivity contribution is 4.69. The highest BCUT2D eigenvalue weighted by atomic mass is 16.2. The normalized spacial score (nSPS) is 8.23. The number of aliphatic hydroxyl groups excluding tert-OH is 1. The van der Waals surface area contributed by atoms with E-state index in [4.69, 9.17) is 5.11 Å². The summed E-state index contributed by atoms with van der Waals surface area (Å²) in [5.41, 5.74) is 0. The van der Waals surface area contributed by atoms with Crippen molar-refractivity contribution in [3.63, 3.8) is 0 Å². The molecule has 0 aromatic carbocycles. The number of aliphatic hydroxyl groups is 1. The molecule has 0 aliphatic rings. The van der Waals surface area contributed by atoms with Crippen LogP contribution < -0.4 is 0 Å². The van der Waals surface area contributed by atoms with Gasteiger partial charge in [-0.05, 0) is 83.5 Å². The molecule has 1 heteroatoms. The van der Waals surface area contributed by atoms with Crippen LogP contribution >= 0.6 is 0 Å². The van der Waals surface area contributed by atoms with Crippen molar-refractivity contribution in [3.05, 3.63) is 152 Å². The van der Waals surface area contributed by atoms with Gasteiger partial charge in [0.1, 0.15) is 0 Å². The lowest BCUT2D eigenvalue weighted by molar-refractivity contribution is 0.284. The van der Waals surface area contributed by atoms with Gasteiger partial charge in [-0.2, -0.15) is 0 Å². The second-order valence-corrected chi connectivity index (χ2v) is 18.6. The van der Waals surface area contributed by atoms with Crippen molar-refractivity contribution in [2.45, 2.75) is 340 Å². The molecule has 0 saturated carbocycles. The van der Waals surface area contributed by atoms with Crippen LogP contribution in [-0.2, 0) is 0 Å². The fourth-order valence-corrected chi connectivity index (χ4v) is 4.54. The van der Waals surface area contributed by atoms with Crippen LogP contribution in [0.3, 0.4) is 0 Å². The van der Waals surface area contributed by atoms with E-state index in [1.807, 2.05) is 72.9 Å². The number of hydrogen-bond acceptors (Lipinski definition) is 1. The minimum absolute atomic E-state index is 0.355. The van der Waals surface area contributed by atoms with Gasteiger partial charge in [-0.25, -0.2) is 0 Å². The molecule has 0 spiro atoms. The molecular weight excluding hydrogens is 941 g/mol. The Labute approximate surface area is 501 Å². The first-order valence-electron chi connectivity index (χ1n) is 32.8. The summed E-state index contributed by atoms with van der Waals surface area (Å²) in [4.78, 5) is 0. The number of unbranched alkanes of at least 4 members (excludes halogenated alkanes) is 26. The highest BCUT2D eigenvalue weighted by Crippen LogP contribution is 1.97. The molecule has 0 aromatic heterocycles. The zero-order valence-corrected chi connectivity index (χ0v) is 57.1. The Morgan fingerprint density at radius 1 is 0.167 bits per heavy atom. The first kappa shape index (κ1) is 107. The predicted molar refractivity (Wildman–Crippen MR) is 383 cm³/mol. The third-order valence-electron chi connectivity index (χ3n) is 9.90. The second kappa shape index (κ2) is 164. The maximum absolute atomic E-state index is 8.20. The monoisotopic (exact) mass is 1100 g/mol. The summed E-state index contributed by atoms with van der Waals surface area (Å²) in [5, 5.41) is 8.20. The Morgan fingerprint density at radius 3 is 0.282 bits per heavy atom. The van der Waals surface area contributed by atoms with Crippen molar-refractivity contribution in [1.82, 2.24) is 0 Å². The molecule has 1 nitrogen and oxygen atoms in total. The lowest BCUT2D eigenvalue weighted by Gasteiger charge is -1.85. The molecule has 1 N–H and O–H groups in total. The summed E-state index contributed by atoms with van der Waals surface area (Å²) >= 11 is 0. The molecule has 0 aromatic rings. The van der Waals surface area contributed by atoms with Crippen LogP contribution in [0.15, 0.2) is 152 Å². The van der Waals surface area contributed by atoms with Crippen molar-refractivity contribution in [2.24, 2.45) is 0 Å². The van der Waals surface area contributed by atoms with Crippen LogP contribution in [0.2, 0.25) is 0 Å². The average Bonchev–Trinajstić information content (AvgIpc) is 3.47. The topological polar surface area (TPSA) is 20.2 Å². The molecule has 0 bridgehead atoms. The SMILES string of the molecule is C=CCCCC.C=CCCCC.C=CCCCC.C=CCCCC.C=CCCCC.C=CCCCC.C=CCCCC.C=CCCCC.C=CCCCC.C=CCCCC.C=CCCCC.C=CCCCC.CCCCCO. The molecule has 0 unspecified atom stereocenters. The number of rotatable bonds is 39. The molecule has 0 amide bonds. The maximum Gasteiger partial charge on any atom is 0.0431 e. The smallest absolute Gasteiger partial charge is 0.0431 e. The number of hydrogen-bond donors (Lipinski definition) is 1. The van der Waals surface area contributed by atoms with Crippen molar-refractivity contribution >= 4 is 0 Å². The Balaban J connectivity index is -0.0000000533. The van der Waals surface area contributed by atoms with Gasteiger partial charge in [0.25, 0.3) is 0 Å². The van der Waals surface area contributed by atoms with Gasteiger partial charge in [0.05, 0.1) is 0 Å². The van der Waals surface area contributed by atoms with Gasteiger partial charge in [0, 0.05) is 6.61 Å². The third kappa shape index (κ3) is 293. The first-order chi connectivity index (χ1) is 37.9. The molecule has 470 valence electrons. The van der Waals surface area contributed by atoms with E-state index < -0.39 is 0 Å². The van der Waals surface area contributed by atoms with Crippen LogP contribution in [0.25, 0.3) is 0 Å². The summed E-state index contributed by atoms with van der Waals surface area (Å²) in [6, 6.07) is 0. The zero-order chi connectivity index (χ0) is 62.8. The molecule has 78 heavy (non-hydrogen) atoms. The predicted octanol–water partition coefficient (Wildman–Crippen LogP) is 29.5. The molecule has 0 fully saturated rings. The fourth-order valence-electron chi connectivity index (χ4n) is 4.54. The van der Waals surface area contributed by atoms with Crippen LogP contribution in [0, 0.1) is 0 Å². The summed E-state index contributed by atoms with van der Waals surface area (Å²) in [6.45, 7) is 71.9. The quantitative estimate of drug-likeness (QED) is 0.0480. The third-order valence-corrected chi connectivity index (χ3v) is 9.90. The van der Waals surface area contributed by atoms with Gasteiger partial charge in [0.2, 0.25) is 0 Å². The van der Waals surface area contributed by atoms with Gasteiger partial charge in [-0.3, -0.25) is 0 Å². The summed E-state index contributed by atoms with van der Waals surface area (Å²) in [5.74, 6) is 0. The van der Waals surface area contributed by atoms with E-state index >= 15 is 0 Å². The minimum Gasteiger partial charge on any atom is -0.396 e. The molecule has 0 atom stereocenters. The van der Waals surface area contributed by atoms with Crippen LogP contribution in [0.4, 0.5) is 0 Å². The fraction of sp³-hybridized carbons (Fsp3) is 0.688. The van der Waals surface area contributed by atoms with E-state index in [0.29, 0.717) is 6.61 Å². The summed E-state index contributed by atoms with van der Waals surface area (Å²) in [6.07, 6.45) is 71.9. The van der Waals surface area contributed by atoms with Crippen molar-refractivity contribution in [1.29, 1.82) is 0 Å². The Hall–Kier alpha value is -3.16. The van der Waals surface area contributed by atoms with E-state index in [1.54, 1.807) is 0 Å². The van der Waals surface area contributed by atoms with Gasteiger partial charge in [-0.15, -0.1) is 78.9 Å². The zero-order valence-electron chi connectivity index (χ0n) is 57.1.